The third kappa shape index (κ3) is 8.96. The Morgan fingerprint density at radius 2 is 1.66 bits per heavy atom. The summed E-state index contributed by atoms with van der Waals surface area (Å²) >= 11 is 0. The highest BCUT2D eigenvalue weighted by Crippen LogP contribution is 2.33. The van der Waals surface area contributed by atoms with Gasteiger partial charge in [0, 0.05) is 12.1 Å². The number of rotatable bonds is 6. The molecule has 0 atom stereocenters. The topological polar surface area (TPSA) is 59.9 Å². The number of carbonyl (C=O) groups is 1. The lowest BCUT2D eigenvalue weighted by Gasteiger charge is -2.28. The lowest BCUT2D eigenvalue weighted by Crippen LogP contribution is -2.30. The number of benzene rings is 2. The minimum absolute atomic E-state index is 0.0940. The van der Waals surface area contributed by atoms with Crippen LogP contribution in [0.5, 0.6) is 0 Å². The lowest BCUT2D eigenvalue weighted by atomic mass is 9.83. The highest BCUT2D eigenvalue weighted by atomic mass is 16.6. The minimum atomic E-state index is -0.277. The first-order valence-corrected chi connectivity index (χ1v) is 11.3. The van der Waals surface area contributed by atoms with Crippen molar-refractivity contribution in [3.05, 3.63) is 77.9 Å². The van der Waals surface area contributed by atoms with Gasteiger partial charge in [-0.3, -0.25) is 0 Å². The van der Waals surface area contributed by atoms with E-state index in [1.807, 2.05) is 58.0 Å². The molecule has 5 nitrogen and oxygen atoms in total. The van der Waals surface area contributed by atoms with Crippen molar-refractivity contribution >= 4 is 17.6 Å². The molecule has 172 valence electrons. The van der Waals surface area contributed by atoms with E-state index in [1.165, 1.54) is 11.1 Å². The maximum absolute atomic E-state index is 11.3. The van der Waals surface area contributed by atoms with Crippen LogP contribution in [0.3, 0.4) is 0 Å². The highest BCUT2D eigenvalue weighted by molar-refractivity contribution is 5.78. The van der Waals surface area contributed by atoms with E-state index >= 15 is 0 Å². The molecule has 0 unspecified atom stereocenters. The Morgan fingerprint density at radius 3 is 2.22 bits per heavy atom. The summed E-state index contributed by atoms with van der Waals surface area (Å²) < 4.78 is 5.37. The fraction of sp³-hybridized carbons (Fsp3) is 0.407. The molecule has 1 aliphatic rings. The van der Waals surface area contributed by atoms with E-state index in [0.29, 0.717) is 18.2 Å². The van der Waals surface area contributed by atoms with Crippen LogP contribution in [0, 0.1) is 6.92 Å². The van der Waals surface area contributed by atoms with Gasteiger partial charge in [-0.2, -0.15) is 0 Å². The summed E-state index contributed by atoms with van der Waals surface area (Å²) in [6, 6.07) is 18.6. The number of hydrogen-bond acceptors (Lipinski definition) is 4. The van der Waals surface area contributed by atoms with Crippen LogP contribution >= 0.6 is 0 Å². The van der Waals surface area contributed by atoms with Crippen LogP contribution in [0.4, 0.5) is 4.79 Å². The van der Waals surface area contributed by atoms with Crippen LogP contribution in [0.25, 0.3) is 5.76 Å². The Bertz CT molecular complexity index is 864. The Hall–Kier alpha value is -3.08. The van der Waals surface area contributed by atoms with Gasteiger partial charge in [-0.05, 0) is 64.9 Å². The number of oxime groups is 1. The van der Waals surface area contributed by atoms with Gasteiger partial charge in [0.1, 0.15) is 6.10 Å². The molecule has 1 N–H and O–H groups in total. The molecule has 0 radical (unpaired) electrons. The molecule has 2 aromatic rings. The molecule has 2 aromatic carbocycles. The van der Waals surface area contributed by atoms with Crippen molar-refractivity contribution in [1.82, 2.24) is 5.32 Å². The van der Waals surface area contributed by atoms with E-state index in [4.69, 9.17) is 9.57 Å². The van der Waals surface area contributed by atoms with E-state index in [1.54, 1.807) is 0 Å². The first kappa shape index (κ1) is 25.2. The van der Waals surface area contributed by atoms with E-state index < -0.39 is 0 Å². The number of carbonyl (C=O) groups excluding carboxylic acids is 1. The second kappa shape index (κ2) is 13.4. The summed E-state index contributed by atoms with van der Waals surface area (Å²) in [5.74, 6) is 1.20. The monoisotopic (exact) mass is 436 g/mol. The molecule has 0 spiro atoms. The zero-order valence-electron chi connectivity index (χ0n) is 19.8. The summed E-state index contributed by atoms with van der Waals surface area (Å²) in [6.07, 6.45) is 3.97. The fourth-order valence-corrected chi connectivity index (χ4v) is 3.52. The normalized spacial score (nSPS) is 17.2. The number of nitrogens with zero attached hydrogens (tertiary/aromatic N) is 1. The summed E-state index contributed by atoms with van der Waals surface area (Å²) in [6.45, 7) is 12.1. The van der Waals surface area contributed by atoms with Crippen LogP contribution in [0.15, 0.2) is 66.3 Å². The quantitative estimate of drug-likeness (QED) is 0.306. The van der Waals surface area contributed by atoms with Crippen LogP contribution in [0.2, 0.25) is 0 Å². The van der Waals surface area contributed by atoms with Crippen LogP contribution < -0.4 is 5.32 Å². The second-order valence-corrected chi connectivity index (χ2v) is 8.24. The second-order valence-electron chi connectivity index (χ2n) is 8.24. The van der Waals surface area contributed by atoms with Gasteiger partial charge in [-0.1, -0.05) is 71.9 Å². The summed E-state index contributed by atoms with van der Waals surface area (Å²) in [5, 5.41) is 6.51. The standard InChI is InChI=1S/C15H21NO2.C12H15NO/c1-2-16-15(17)18-14-10-8-13(9-11-14)12-6-4-3-5-7-12;1-9(2)13-14-11(4)12-7-5-10(3)6-8-12/h3-7,13-14H,2,8-11H2,1H3,(H,16,17);5-8H,4H2,1-3H3. The molecule has 1 amide bonds. The number of hydrogen-bond donors (Lipinski definition) is 1. The van der Waals surface area contributed by atoms with E-state index in [9.17, 15) is 4.79 Å². The lowest BCUT2D eigenvalue weighted by molar-refractivity contribution is 0.0718. The molecule has 3 rings (SSSR count). The van der Waals surface area contributed by atoms with Crippen molar-refractivity contribution in [2.24, 2.45) is 5.16 Å². The van der Waals surface area contributed by atoms with Gasteiger partial charge in [0.2, 0.25) is 0 Å². The maximum atomic E-state index is 11.3. The molecule has 0 aliphatic heterocycles. The summed E-state index contributed by atoms with van der Waals surface area (Å²) in [7, 11) is 0. The van der Waals surface area contributed by atoms with Crippen LogP contribution in [-0.4, -0.2) is 24.5 Å². The molecule has 1 aliphatic carbocycles. The molecule has 0 bridgehead atoms. The number of aryl methyl sites for hydroxylation is 1. The Morgan fingerprint density at radius 1 is 1.03 bits per heavy atom. The Balaban J connectivity index is 0.000000235. The van der Waals surface area contributed by atoms with Crippen molar-refractivity contribution in [3.8, 4) is 0 Å². The molecule has 0 aromatic heterocycles. The maximum Gasteiger partial charge on any atom is 0.407 e. The van der Waals surface area contributed by atoms with Gasteiger partial charge in [0.05, 0.1) is 5.71 Å². The minimum Gasteiger partial charge on any atom is -0.446 e. The SMILES string of the molecule is C=C(ON=C(C)C)c1ccc(C)cc1.CCNC(=O)OC1CCC(c2ccccc2)CC1. The Labute approximate surface area is 192 Å². The van der Waals surface area contributed by atoms with Crippen molar-refractivity contribution in [2.45, 2.75) is 65.4 Å². The largest absolute Gasteiger partial charge is 0.446 e. The van der Waals surface area contributed by atoms with E-state index in [0.717, 1.165) is 37.0 Å². The highest BCUT2D eigenvalue weighted by Gasteiger charge is 2.24. The molecule has 5 heteroatoms. The smallest absolute Gasteiger partial charge is 0.407 e. The van der Waals surface area contributed by atoms with Gasteiger partial charge in [-0.15, -0.1) is 0 Å². The number of nitrogens with one attached hydrogen (secondary N) is 1. The van der Waals surface area contributed by atoms with Gasteiger partial charge < -0.3 is 14.9 Å². The van der Waals surface area contributed by atoms with Gasteiger partial charge in [-0.25, -0.2) is 4.79 Å². The number of ether oxygens (including phenoxy) is 1. The van der Waals surface area contributed by atoms with Gasteiger partial charge >= 0.3 is 6.09 Å². The molecule has 1 fully saturated rings. The van der Waals surface area contributed by atoms with Crippen LogP contribution in [-0.2, 0) is 9.57 Å². The first-order chi connectivity index (χ1) is 15.4. The predicted octanol–water partition coefficient (Wildman–Crippen LogP) is 6.84. The molecule has 0 heterocycles. The van der Waals surface area contributed by atoms with Gasteiger partial charge in [0.25, 0.3) is 0 Å². The average Bonchev–Trinajstić information content (AvgIpc) is 2.79. The van der Waals surface area contributed by atoms with E-state index in [-0.39, 0.29) is 12.2 Å². The molecule has 1 saturated carbocycles. The van der Waals surface area contributed by atoms with E-state index in [2.05, 4.69) is 41.3 Å². The summed E-state index contributed by atoms with van der Waals surface area (Å²) in [4.78, 5) is 16.5. The van der Waals surface area contributed by atoms with Crippen molar-refractivity contribution in [1.29, 1.82) is 0 Å². The van der Waals surface area contributed by atoms with Crippen molar-refractivity contribution in [3.63, 3.8) is 0 Å². The van der Waals surface area contributed by atoms with Crippen LogP contribution in [0.1, 0.15) is 69.1 Å². The van der Waals surface area contributed by atoms with Gasteiger partial charge in [0.15, 0.2) is 5.76 Å². The molecule has 0 saturated heterocycles. The first-order valence-electron chi connectivity index (χ1n) is 11.3. The number of amides is 1. The molecular formula is C27H36N2O3. The van der Waals surface area contributed by atoms with Crippen molar-refractivity contribution < 1.29 is 14.4 Å². The average molecular weight is 437 g/mol. The third-order valence-electron chi connectivity index (χ3n) is 5.25. The number of alkyl carbamates (subject to hydrolysis) is 1. The third-order valence-corrected chi connectivity index (χ3v) is 5.25. The zero-order valence-corrected chi connectivity index (χ0v) is 19.8. The zero-order chi connectivity index (χ0) is 23.3. The van der Waals surface area contributed by atoms with Crippen molar-refractivity contribution in [2.75, 3.05) is 6.54 Å². The molecule has 32 heavy (non-hydrogen) atoms. The molecular weight excluding hydrogens is 400 g/mol. The Kier molecular flexibility index (Phi) is 10.5. The summed E-state index contributed by atoms with van der Waals surface area (Å²) in [5.41, 5.74) is 4.46. The predicted molar refractivity (Wildman–Crippen MR) is 132 cm³/mol. The fourth-order valence-electron chi connectivity index (χ4n) is 3.52.